The van der Waals surface area contributed by atoms with Crippen molar-refractivity contribution in [3.63, 3.8) is 0 Å². The molecule has 0 radical (unpaired) electrons. The minimum Gasteiger partial charge on any atom is -0.461 e. The van der Waals surface area contributed by atoms with E-state index in [2.05, 4.69) is 5.32 Å². The topological polar surface area (TPSA) is 124 Å². The minimum atomic E-state index is -0.974. The van der Waals surface area contributed by atoms with Crippen LogP contribution >= 0.6 is 0 Å². The van der Waals surface area contributed by atoms with Crippen molar-refractivity contribution in [1.82, 2.24) is 14.8 Å². The average molecular weight is 701 g/mol. The molecule has 0 aliphatic heterocycles. The van der Waals surface area contributed by atoms with Gasteiger partial charge in [-0.2, -0.15) is 0 Å². The fraction of sp³-hybridized carbons (Fsp3) is 0.302. The van der Waals surface area contributed by atoms with Crippen LogP contribution in [0.4, 0.5) is 0 Å². The van der Waals surface area contributed by atoms with Crippen LogP contribution < -0.4 is 11.1 Å². The van der Waals surface area contributed by atoms with Gasteiger partial charge in [-0.05, 0) is 61.4 Å². The molecule has 0 aliphatic carbocycles. The fourth-order valence-electron chi connectivity index (χ4n) is 6.52. The first-order valence-corrected chi connectivity index (χ1v) is 18.0. The van der Waals surface area contributed by atoms with E-state index in [1.807, 2.05) is 134 Å². The van der Waals surface area contributed by atoms with Crippen LogP contribution in [0.2, 0.25) is 0 Å². The molecule has 4 aromatic carbocycles. The molecule has 0 saturated carbocycles. The lowest BCUT2D eigenvalue weighted by atomic mass is 9.98. The van der Waals surface area contributed by atoms with Gasteiger partial charge < -0.3 is 25.3 Å². The second-order valence-corrected chi connectivity index (χ2v) is 13.3. The summed E-state index contributed by atoms with van der Waals surface area (Å²) in [4.78, 5) is 55.7. The van der Waals surface area contributed by atoms with Crippen molar-refractivity contribution in [1.29, 1.82) is 0 Å². The summed E-state index contributed by atoms with van der Waals surface area (Å²) in [5, 5.41) is 3.95. The number of aromatic nitrogens is 1. The third kappa shape index (κ3) is 10.4. The van der Waals surface area contributed by atoms with Crippen molar-refractivity contribution >= 4 is 34.6 Å². The summed E-state index contributed by atoms with van der Waals surface area (Å²) in [6, 6.07) is 35.4. The van der Waals surface area contributed by atoms with E-state index in [1.165, 1.54) is 0 Å². The van der Waals surface area contributed by atoms with E-state index in [9.17, 15) is 19.2 Å². The third-order valence-corrected chi connectivity index (χ3v) is 9.16. The molecule has 3 amide bonds. The van der Waals surface area contributed by atoms with Gasteiger partial charge in [-0.15, -0.1) is 0 Å². The number of carbonyl (C=O) groups is 4. The number of nitrogens with one attached hydrogen (secondary N) is 1. The first-order chi connectivity index (χ1) is 25.2. The van der Waals surface area contributed by atoms with Crippen molar-refractivity contribution in [2.75, 3.05) is 6.54 Å². The Balaban J connectivity index is 1.41. The van der Waals surface area contributed by atoms with Crippen molar-refractivity contribution in [3.8, 4) is 0 Å². The first-order valence-electron chi connectivity index (χ1n) is 18.0. The summed E-state index contributed by atoms with van der Waals surface area (Å²) < 4.78 is 7.45. The predicted molar refractivity (Wildman–Crippen MR) is 203 cm³/mol. The summed E-state index contributed by atoms with van der Waals surface area (Å²) in [5.74, 6) is -1.63. The number of para-hydroxylation sites is 1. The molecule has 1 heterocycles. The second-order valence-electron chi connectivity index (χ2n) is 13.3. The molecule has 9 heteroatoms. The van der Waals surface area contributed by atoms with Crippen LogP contribution in [0.3, 0.4) is 0 Å². The lowest BCUT2D eigenvalue weighted by Gasteiger charge is -2.34. The smallest absolute Gasteiger partial charge is 0.306 e. The summed E-state index contributed by atoms with van der Waals surface area (Å²) >= 11 is 0. The highest BCUT2D eigenvalue weighted by Crippen LogP contribution is 2.23. The van der Waals surface area contributed by atoms with Gasteiger partial charge in [0.05, 0.1) is 0 Å². The Hall–Kier alpha value is -5.70. The van der Waals surface area contributed by atoms with E-state index in [0.29, 0.717) is 38.0 Å². The molecule has 1 aromatic heterocycles. The van der Waals surface area contributed by atoms with Gasteiger partial charge in [0.25, 0.3) is 5.91 Å². The van der Waals surface area contributed by atoms with Crippen LogP contribution in [-0.4, -0.2) is 51.8 Å². The number of benzene rings is 4. The van der Waals surface area contributed by atoms with Crippen molar-refractivity contribution in [3.05, 3.63) is 143 Å². The number of hydrogen-bond donors (Lipinski definition) is 2. The highest BCUT2D eigenvalue weighted by molar-refractivity contribution is 6.01. The molecule has 0 spiro atoms. The SMILES string of the molecule is CCCN(C(=O)[C@H](CCCC(=O)OCc1ccccc1)NC(=O)c1cc2ccccc2n1Cc1ccccc1)[C@H](CC(N)=O)Cc1ccc(C)cc1. The van der Waals surface area contributed by atoms with E-state index >= 15 is 0 Å². The molecule has 0 fully saturated rings. The Kier molecular flexibility index (Phi) is 13.4. The van der Waals surface area contributed by atoms with Crippen LogP contribution in [-0.2, 0) is 38.7 Å². The molecule has 9 nitrogen and oxygen atoms in total. The maximum Gasteiger partial charge on any atom is 0.306 e. The van der Waals surface area contributed by atoms with E-state index in [-0.39, 0.29) is 37.7 Å². The van der Waals surface area contributed by atoms with Gasteiger partial charge in [0, 0.05) is 42.9 Å². The maximum absolute atomic E-state index is 14.6. The van der Waals surface area contributed by atoms with Gasteiger partial charge >= 0.3 is 5.97 Å². The lowest BCUT2D eigenvalue weighted by molar-refractivity contribution is -0.145. The number of amides is 3. The molecule has 0 saturated heterocycles. The number of carbonyl (C=O) groups excluding carboxylic acids is 4. The van der Waals surface area contributed by atoms with Gasteiger partial charge in [0.15, 0.2) is 0 Å². The monoisotopic (exact) mass is 700 g/mol. The molecule has 2 atom stereocenters. The first kappa shape index (κ1) is 37.6. The Morgan fingerprint density at radius 3 is 2.15 bits per heavy atom. The second kappa shape index (κ2) is 18.5. The van der Waals surface area contributed by atoms with Gasteiger partial charge in [0.1, 0.15) is 18.3 Å². The number of nitrogens with zero attached hydrogens (tertiary/aromatic N) is 2. The molecule has 5 aromatic rings. The quantitative estimate of drug-likeness (QED) is 0.0981. The zero-order valence-corrected chi connectivity index (χ0v) is 30.0. The summed E-state index contributed by atoms with van der Waals surface area (Å²) in [5.41, 5.74) is 11.0. The zero-order chi connectivity index (χ0) is 36.9. The van der Waals surface area contributed by atoms with E-state index in [1.54, 1.807) is 4.90 Å². The Morgan fingerprint density at radius 2 is 1.48 bits per heavy atom. The normalized spacial score (nSPS) is 12.2. The predicted octanol–water partition coefficient (Wildman–Crippen LogP) is 6.74. The molecule has 270 valence electrons. The summed E-state index contributed by atoms with van der Waals surface area (Å²) in [7, 11) is 0. The number of aryl methyl sites for hydroxylation is 1. The van der Waals surface area contributed by atoms with E-state index in [4.69, 9.17) is 10.5 Å². The number of primary amides is 1. The van der Waals surface area contributed by atoms with Crippen LogP contribution in [0.15, 0.2) is 115 Å². The van der Waals surface area contributed by atoms with Gasteiger partial charge in [-0.1, -0.05) is 116 Å². The molecule has 52 heavy (non-hydrogen) atoms. The Bertz CT molecular complexity index is 1940. The summed E-state index contributed by atoms with van der Waals surface area (Å²) in [6.07, 6.45) is 1.59. The molecule has 3 N–H and O–H groups in total. The fourth-order valence-corrected chi connectivity index (χ4v) is 6.52. The zero-order valence-electron chi connectivity index (χ0n) is 30.0. The van der Waals surface area contributed by atoms with Crippen molar-refractivity contribution in [2.24, 2.45) is 5.73 Å². The molecule has 0 bridgehead atoms. The van der Waals surface area contributed by atoms with Gasteiger partial charge in [-0.25, -0.2) is 0 Å². The Morgan fingerprint density at radius 1 is 0.827 bits per heavy atom. The number of esters is 1. The van der Waals surface area contributed by atoms with E-state index < -0.39 is 23.9 Å². The van der Waals surface area contributed by atoms with Crippen LogP contribution in [0.25, 0.3) is 10.9 Å². The standard InChI is InChI=1S/C43H48N4O5/c1-3-25-46(36(28-40(44)48)26-32-23-21-31(2)22-24-32)43(51)37(18-12-20-41(49)52-30-34-15-8-5-9-16-34)45-42(50)39-27-35-17-10-11-19-38(35)47(39)29-33-13-6-4-7-14-33/h4-11,13-17,19,21-24,27,36-37H,3,12,18,20,25-26,28-30H2,1-2H3,(H2,44,48)(H,45,50)/t36-,37-/m0/s1. The highest BCUT2D eigenvalue weighted by atomic mass is 16.5. The molecule has 5 rings (SSSR count). The minimum absolute atomic E-state index is 0.0303. The molecule has 0 aliphatic rings. The van der Waals surface area contributed by atoms with Crippen LogP contribution in [0.5, 0.6) is 0 Å². The largest absolute Gasteiger partial charge is 0.461 e. The number of rotatable bonds is 18. The lowest BCUT2D eigenvalue weighted by Crippen LogP contribution is -2.53. The summed E-state index contributed by atoms with van der Waals surface area (Å²) in [6.45, 7) is 4.95. The van der Waals surface area contributed by atoms with Gasteiger partial charge in [-0.3, -0.25) is 19.2 Å². The third-order valence-electron chi connectivity index (χ3n) is 9.16. The van der Waals surface area contributed by atoms with Gasteiger partial charge in [0.2, 0.25) is 11.8 Å². The number of hydrogen-bond acceptors (Lipinski definition) is 5. The van der Waals surface area contributed by atoms with Crippen LogP contribution in [0.1, 0.15) is 71.8 Å². The highest BCUT2D eigenvalue weighted by Gasteiger charge is 2.32. The number of nitrogens with two attached hydrogens (primary N) is 1. The number of ether oxygens (including phenoxy) is 1. The number of fused-ring (bicyclic) bond motifs is 1. The van der Waals surface area contributed by atoms with Crippen molar-refractivity contribution in [2.45, 2.75) is 77.6 Å². The van der Waals surface area contributed by atoms with Crippen molar-refractivity contribution < 1.29 is 23.9 Å². The van der Waals surface area contributed by atoms with Crippen LogP contribution in [0, 0.1) is 6.92 Å². The average Bonchev–Trinajstić information content (AvgIpc) is 3.51. The Labute approximate surface area is 305 Å². The molecular formula is C43H48N4O5. The van der Waals surface area contributed by atoms with E-state index in [0.717, 1.165) is 33.2 Å². The molecule has 0 unspecified atom stereocenters. The maximum atomic E-state index is 14.6. The molecular weight excluding hydrogens is 652 g/mol.